The third-order valence-corrected chi connectivity index (χ3v) is 6.29. The van der Waals surface area contributed by atoms with Crippen molar-refractivity contribution in [3.05, 3.63) is 71.8 Å². The maximum absolute atomic E-state index is 6.46. The molecule has 4 atom stereocenters. The minimum absolute atomic E-state index is 0.0918. The molecule has 0 aromatic heterocycles. The molecule has 1 aliphatic heterocycles. The normalized spacial score (nSPS) is 22.3. The van der Waals surface area contributed by atoms with Crippen LogP contribution in [-0.4, -0.2) is 44.4 Å². The number of hydrogen-bond donors (Lipinski definition) is 0. The zero-order chi connectivity index (χ0) is 24.6. The first-order chi connectivity index (χ1) is 17.3. The Balaban J connectivity index is 1.66. The largest absolute Gasteiger partial charge is 0.375 e. The predicted octanol–water partition coefficient (Wildman–Crippen LogP) is 6.69. The van der Waals surface area contributed by atoms with Gasteiger partial charge in [-0.2, -0.15) is 0 Å². The van der Waals surface area contributed by atoms with Gasteiger partial charge in [0.2, 0.25) is 0 Å². The van der Waals surface area contributed by atoms with Gasteiger partial charge in [0.05, 0.1) is 25.9 Å². The Bertz CT molecular complexity index is 769. The molecule has 0 saturated carbocycles. The number of benzene rings is 2. The molecule has 0 spiro atoms. The lowest BCUT2D eigenvalue weighted by molar-refractivity contribution is -0.277. The molecule has 194 valence electrons. The van der Waals surface area contributed by atoms with E-state index in [1.807, 2.05) is 36.4 Å². The van der Waals surface area contributed by atoms with Crippen LogP contribution in [0.5, 0.6) is 0 Å². The van der Waals surface area contributed by atoms with E-state index in [0.29, 0.717) is 32.8 Å². The Morgan fingerprint density at radius 2 is 1.31 bits per heavy atom. The fourth-order valence-corrected chi connectivity index (χ4v) is 4.30. The van der Waals surface area contributed by atoms with Crippen LogP contribution in [0.2, 0.25) is 0 Å². The molecular weight excluding hydrogens is 440 g/mol. The standard InChI is InChI=1S/C30H44O5/c1-3-5-13-19-32-27-21-29(33-20-14-6-4-2)35-28(24-31-22-25-15-9-7-10-16-25)30(27)34-23-26-17-11-8-12-18-26/h7-12,15-18,27-30H,3-6,13-14,19-24H2,1-2H3/t27-,28-,29?,30+/m1/s1. The summed E-state index contributed by atoms with van der Waals surface area (Å²) in [6.07, 6.45) is 6.57. The lowest BCUT2D eigenvalue weighted by Gasteiger charge is -2.41. The Morgan fingerprint density at radius 3 is 1.94 bits per heavy atom. The second-order valence-corrected chi connectivity index (χ2v) is 9.30. The van der Waals surface area contributed by atoms with Crippen molar-refractivity contribution >= 4 is 0 Å². The lowest BCUT2D eigenvalue weighted by Crippen LogP contribution is -2.53. The number of ether oxygens (including phenoxy) is 5. The van der Waals surface area contributed by atoms with Crippen molar-refractivity contribution in [3.8, 4) is 0 Å². The van der Waals surface area contributed by atoms with Gasteiger partial charge in [-0.25, -0.2) is 0 Å². The average molecular weight is 485 g/mol. The van der Waals surface area contributed by atoms with Crippen LogP contribution < -0.4 is 0 Å². The Labute approximate surface area is 212 Å². The number of unbranched alkanes of at least 4 members (excludes halogenated alkanes) is 4. The highest BCUT2D eigenvalue weighted by atomic mass is 16.7. The van der Waals surface area contributed by atoms with E-state index < -0.39 is 0 Å². The third kappa shape index (κ3) is 10.4. The average Bonchev–Trinajstić information content (AvgIpc) is 2.90. The Hall–Kier alpha value is -1.76. The Morgan fingerprint density at radius 1 is 0.714 bits per heavy atom. The van der Waals surface area contributed by atoms with E-state index in [4.69, 9.17) is 23.7 Å². The van der Waals surface area contributed by atoms with E-state index in [-0.39, 0.29) is 24.6 Å². The van der Waals surface area contributed by atoms with Crippen molar-refractivity contribution in [2.24, 2.45) is 0 Å². The molecule has 1 fully saturated rings. The molecule has 0 amide bonds. The molecular formula is C30H44O5. The quantitative estimate of drug-likeness (QED) is 0.234. The van der Waals surface area contributed by atoms with Crippen molar-refractivity contribution in [1.82, 2.24) is 0 Å². The SMILES string of the molecule is CCCCCOC1C[C@@H](OCCCCC)[C@H](OCc2ccccc2)[C@@H](COCc2ccccc2)O1. The summed E-state index contributed by atoms with van der Waals surface area (Å²) in [7, 11) is 0. The summed E-state index contributed by atoms with van der Waals surface area (Å²) in [6.45, 7) is 7.32. The molecule has 5 heteroatoms. The lowest BCUT2D eigenvalue weighted by atomic mass is 10.0. The third-order valence-electron chi connectivity index (χ3n) is 6.29. The van der Waals surface area contributed by atoms with Gasteiger partial charge in [-0.05, 0) is 24.0 Å². The molecule has 0 bridgehead atoms. The maximum Gasteiger partial charge on any atom is 0.160 e. The highest BCUT2D eigenvalue weighted by molar-refractivity contribution is 5.14. The molecule has 2 aromatic carbocycles. The van der Waals surface area contributed by atoms with Gasteiger partial charge in [0.25, 0.3) is 0 Å². The van der Waals surface area contributed by atoms with Crippen LogP contribution in [0, 0.1) is 0 Å². The van der Waals surface area contributed by atoms with Gasteiger partial charge in [-0.15, -0.1) is 0 Å². The molecule has 1 aliphatic rings. The molecule has 2 aromatic rings. The highest BCUT2D eigenvalue weighted by Gasteiger charge is 2.41. The van der Waals surface area contributed by atoms with Gasteiger partial charge in [0, 0.05) is 19.6 Å². The van der Waals surface area contributed by atoms with Crippen molar-refractivity contribution < 1.29 is 23.7 Å². The van der Waals surface area contributed by atoms with Gasteiger partial charge in [0.1, 0.15) is 12.2 Å². The van der Waals surface area contributed by atoms with Gasteiger partial charge < -0.3 is 23.7 Å². The van der Waals surface area contributed by atoms with E-state index in [9.17, 15) is 0 Å². The minimum atomic E-state index is -0.301. The highest BCUT2D eigenvalue weighted by Crippen LogP contribution is 2.28. The Kier molecular flexibility index (Phi) is 13.4. The topological polar surface area (TPSA) is 46.2 Å². The summed E-state index contributed by atoms with van der Waals surface area (Å²) >= 11 is 0. The van der Waals surface area contributed by atoms with Crippen molar-refractivity contribution in [1.29, 1.82) is 0 Å². The smallest absolute Gasteiger partial charge is 0.160 e. The van der Waals surface area contributed by atoms with E-state index >= 15 is 0 Å². The van der Waals surface area contributed by atoms with Gasteiger partial charge in [-0.3, -0.25) is 0 Å². The van der Waals surface area contributed by atoms with E-state index in [2.05, 4.69) is 38.1 Å². The molecule has 0 aliphatic carbocycles. The minimum Gasteiger partial charge on any atom is -0.375 e. The molecule has 1 heterocycles. The maximum atomic E-state index is 6.46. The van der Waals surface area contributed by atoms with Crippen LogP contribution in [-0.2, 0) is 36.9 Å². The zero-order valence-electron chi connectivity index (χ0n) is 21.6. The molecule has 1 unspecified atom stereocenters. The van der Waals surface area contributed by atoms with E-state index in [1.54, 1.807) is 0 Å². The second kappa shape index (κ2) is 16.8. The summed E-state index contributed by atoms with van der Waals surface area (Å²) in [4.78, 5) is 0. The second-order valence-electron chi connectivity index (χ2n) is 9.30. The van der Waals surface area contributed by atoms with Crippen LogP contribution in [0.1, 0.15) is 69.9 Å². The molecule has 1 saturated heterocycles. The van der Waals surface area contributed by atoms with Crippen LogP contribution in [0.3, 0.4) is 0 Å². The number of rotatable bonds is 17. The predicted molar refractivity (Wildman–Crippen MR) is 139 cm³/mol. The van der Waals surface area contributed by atoms with Crippen molar-refractivity contribution in [2.45, 2.75) is 96.6 Å². The van der Waals surface area contributed by atoms with E-state index in [0.717, 1.165) is 37.0 Å². The van der Waals surface area contributed by atoms with Crippen LogP contribution in [0.4, 0.5) is 0 Å². The molecule has 3 rings (SSSR count). The van der Waals surface area contributed by atoms with Crippen LogP contribution in [0.15, 0.2) is 60.7 Å². The summed E-state index contributed by atoms with van der Waals surface area (Å²) in [6, 6.07) is 20.5. The summed E-state index contributed by atoms with van der Waals surface area (Å²) in [5, 5.41) is 0. The van der Waals surface area contributed by atoms with Gasteiger partial charge >= 0.3 is 0 Å². The summed E-state index contributed by atoms with van der Waals surface area (Å²) in [5.74, 6) is 0. The molecule has 0 radical (unpaired) electrons. The monoisotopic (exact) mass is 484 g/mol. The fourth-order valence-electron chi connectivity index (χ4n) is 4.30. The summed E-state index contributed by atoms with van der Waals surface area (Å²) in [5.41, 5.74) is 2.28. The van der Waals surface area contributed by atoms with Crippen LogP contribution >= 0.6 is 0 Å². The first-order valence-electron chi connectivity index (χ1n) is 13.5. The fraction of sp³-hybridized carbons (Fsp3) is 0.600. The molecule has 5 nitrogen and oxygen atoms in total. The molecule has 0 N–H and O–H groups in total. The van der Waals surface area contributed by atoms with Crippen LogP contribution in [0.25, 0.3) is 0 Å². The van der Waals surface area contributed by atoms with Gasteiger partial charge in [0.15, 0.2) is 6.29 Å². The first-order valence-corrected chi connectivity index (χ1v) is 13.5. The first kappa shape index (κ1) is 27.8. The van der Waals surface area contributed by atoms with Crippen molar-refractivity contribution in [3.63, 3.8) is 0 Å². The number of hydrogen-bond acceptors (Lipinski definition) is 5. The van der Waals surface area contributed by atoms with Gasteiger partial charge in [-0.1, -0.05) is 100 Å². The van der Waals surface area contributed by atoms with E-state index in [1.165, 1.54) is 19.3 Å². The molecule has 35 heavy (non-hydrogen) atoms. The van der Waals surface area contributed by atoms with Crippen molar-refractivity contribution in [2.75, 3.05) is 19.8 Å². The zero-order valence-corrected chi connectivity index (χ0v) is 21.6. The summed E-state index contributed by atoms with van der Waals surface area (Å²) < 4.78 is 31.5.